The molecule has 12 heteroatoms. The highest BCUT2D eigenvalue weighted by Gasteiger charge is 2.33. The summed E-state index contributed by atoms with van der Waals surface area (Å²) in [4.78, 5) is 39.4. The van der Waals surface area contributed by atoms with Crippen LogP contribution in [0.5, 0.6) is 5.75 Å². The predicted molar refractivity (Wildman–Crippen MR) is 162 cm³/mol. The van der Waals surface area contributed by atoms with Crippen LogP contribution in [0.15, 0.2) is 83.8 Å². The molecule has 1 atom stereocenters. The zero-order valence-electron chi connectivity index (χ0n) is 24.2. The molecule has 1 N–H and O–H groups in total. The Bertz CT molecular complexity index is 1510. The number of ether oxygens (including phenoxy) is 1. The van der Waals surface area contributed by atoms with E-state index in [1.54, 1.807) is 56.5 Å². The van der Waals surface area contributed by atoms with E-state index in [0.717, 1.165) is 42.0 Å². The molecule has 43 heavy (non-hydrogen) atoms. The second kappa shape index (κ2) is 14.1. The lowest BCUT2D eigenvalue weighted by Gasteiger charge is -2.33. The van der Waals surface area contributed by atoms with Crippen LogP contribution in [-0.2, 0) is 26.2 Å². The third kappa shape index (κ3) is 7.89. The molecule has 3 aromatic carbocycles. The van der Waals surface area contributed by atoms with Gasteiger partial charge in [0.25, 0.3) is 15.7 Å². The van der Waals surface area contributed by atoms with E-state index < -0.39 is 33.4 Å². The number of nitrogens with one attached hydrogen (secondary N) is 1. The first-order chi connectivity index (χ1) is 20.6. The van der Waals surface area contributed by atoms with Crippen molar-refractivity contribution in [1.29, 1.82) is 0 Å². The number of benzene rings is 3. The molecule has 0 unspecified atom stereocenters. The average molecular weight is 609 g/mol. The topological polar surface area (TPSA) is 139 Å². The number of nitro groups is 1. The number of nitro benzene ring substituents is 1. The summed E-state index contributed by atoms with van der Waals surface area (Å²) in [6.45, 7) is 1.04. The molecule has 1 fully saturated rings. The fraction of sp³-hybridized carbons (Fsp3) is 0.355. The van der Waals surface area contributed by atoms with Crippen molar-refractivity contribution in [2.45, 2.75) is 62.6 Å². The number of sulfonamides is 1. The normalized spacial score (nSPS) is 14.4. The van der Waals surface area contributed by atoms with E-state index in [4.69, 9.17) is 4.74 Å². The first kappa shape index (κ1) is 31.5. The first-order valence-corrected chi connectivity index (χ1v) is 15.6. The van der Waals surface area contributed by atoms with Gasteiger partial charge in [0.2, 0.25) is 11.8 Å². The number of methoxy groups -OCH3 is 1. The Labute approximate surface area is 251 Å². The number of nitrogens with zero attached hydrogens (tertiary/aromatic N) is 3. The average Bonchev–Trinajstić information content (AvgIpc) is 3.03. The lowest BCUT2D eigenvalue weighted by Crippen LogP contribution is -2.53. The molecule has 4 rings (SSSR count). The quantitative estimate of drug-likeness (QED) is 0.233. The Morgan fingerprint density at radius 1 is 0.977 bits per heavy atom. The van der Waals surface area contributed by atoms with Gasteiger partial charge in [-0.3, -0.25) is 24.0 Å². The summed E-state index contributed by atoms with van der Waals surface area (Å²) >= 11 is 0. The van der Waals surface area contributed by atoms with Crippen LogP contribution in [0.1, 0.15) is 44.6 Å². The Morgan fingerprint density at radius 2 is 1.60 bits per heavy atom. The van der Waals surface area contributed by atoms with Crippen LogP contribution < -0.4 is 14.4 Å². The Morgan fingerprint density at radius 3 is 2.19 bits per heavy atom. The molecule has 1 saturated carbocycles. The van der Waals surface area contributed by atoms with Gasteiger partial charge in [-0.05, 0) is 61.7 Å². The summed E-state index contributed by atoms with van der Waals surface area (Å²) in [5.41, 5.74) is 0.576. The van der Waals surface area contributed by atoms with Crippen molar-refractivity contribution in [2.24, 2.45) is 0 Å². The van der Waals surface area contributed by atoms with E-state index in [2.05, 4.69) is 5.32 Å². The molecular weight excluding hydrogens is 572 g/mol. The van der Waals surface area contributed by atoms with Gasteiger partial charge >= 0.3 is 0 Å². The molecule has 3 aromatic rings. The highest BCUT2D eigenvalue weighted by Crippen LogP contribution is 2.27. The van der Waals surface area contributed by atoms with E-state index in [1.807, 2.05) is 0 Å². The van der Waals surface area contributed by atoms with Crippen molar-refractivity contribution in [2.75, 3.05) is 18.0 Å². The molecule has 228 valence electrons. The van der Waals surface area contributed by atoms with Crippen LogP contribution in [0, 0.1) is 10.1 Å². The zero-order chi connectivity index (χ0) is 31.0. The zero-order valence-corrected chi connectivity index (χ0v) is 25.0. The maximum Gasteiger partial charge on any atom is 0.269 e. The second-order valence-corrected chi connectivity index (χ2v) is 12.3. The molecule has 0 bridgehead atoms. The molecule has 0 aromatic heterocycles. The van der Waals surface area contributed by atoms with Gasteiger partial charge in [0, 0.05) is 24.7 Å². The molecule has 0 aliphatic heterocycles. The second-order valence-electron chi connectivity index (χ2n) is 10.5. The van der Waals surface area contributed by atoms with Gasteiger partial charge in [-0.2, -0.15) is 0 Å². The fourth-order valence-corrected chi connectivity index (χ4v) is 6.50. The van der Waals surface area contributed by atoms with Gasteiger partial charge in [-0.25, -0.2) is 8.42 Å². The molecule has 1 aliphatic rings. The van der Waals surface area contributed by atoms with Crippen LogP contribution in [0.4, 0.5) is 11.4 Å². The van der Waals surface area contributed by atoms with Gasteiger partial charge in [0.05, 0.1) is 22.6 Å². The summed E-state index contributed by atoms with van der Waals surface area (Å²) in [6, 6.07) is 18.7. The van der Waals surface area contributed by atoms with E-state index in [0.29, 0.717) is 5.75 Å². The number of non-ortho nitro benzene ring substituents is 1. The molecule has 0 spiro atoms. The third-order valence-corrected chi connectivity index (χ3v) is 9.38. The van der Waals surface area contributed by atoms with Gasteiger partial charge in [-0.1, -0.05) is 49.6 Å². The van der Waals surface area contributed by atoms with Gasteiger partial charge < -0.3 is 15.0 Å². The third-order valence-electron chi connectivity index (χ3n) is 7.59. The van der Waals surface area contributed by atoms with Crippen molar-refractivity contribution in [3.8, 4) is 5.75 Å². The molecule has 2 amide bonds. The maximum atomic E-state index is 14.1. The van der Waals surface area contributed by atoms with Crippen LogP contribution in [-0.4, -0.2) is 55.8 Å². The Kier molecular flexibility index (Phi) is 10.4. The van der Waals surface area contributed by atoms with Crippen LogP contribution in [0.2, 0.25) is 0 Å². The monoisotopic (exact) mass is 608 g/mol. The highest BCUT2D eigenvalue weighted by atomic mass is 32.2. The van der Waals surface area contributed by atoms with E-state index in [9.17, 15) is 28.1 Å². The lowest BCUT2D eigenvalue weighted by atomic mass is 9.95. The minimum Gasteiger partial charge on any atom is -0.497 e. The standard InChI is InChI=1S/C31H36N4O7S/c1-23(31(37)32-25-9-5-3-6-10-25)33(21-24-13-19-28(42-2)20-14-24)30(36)22-34(26-15-17-27(18-16-26)35(38)39)43(40,41)29-11-7-4-8-12-29/h4,7-8,11-20,23,25H,3,5-6,9-10,21-22H2,1-2H3,(H,32,37)/t23-/m0/s1. The first-order valence-electron chi connectivity index (χ1n) is 14.1. The van der Waals surface area contributed by atoms with Crippen LogP contribution in [0.25, 0.3) is 0 Å². The van der Waals surface area contributed by atoms with Crippen molar-refractivity contribution in [3.63, 3.8) is 0 Å². The molecular formula is C31H36N4O7S. The molecule has 11 nitrogen and oxygen atoms in total. The largest absolute Gasteiger partial charge is 0.497 e. The number of carbonyl (C=O) groups is 2. The summed E-state index contributed by atoms with van der Waals surface area (Å²) in [5.74, 6) is -0.301. The van der Waals surface area contributed by atoms with Crippen LogP contribution in [0.3, 0.4) is 0 Å². The summed E-state index contributed by atoms with van der Waals surface area (Å²) in [6.07, 6.45) is 4.91. The van der Waals surface area contributed by atoms with Crippen molar-refractivity contribution >= 4 is 33.2 Å². The Balaban J connectivity index is 1.68. The number of hydrogen-bond acceptors (Lipinski definition) is 7. The summed E-state index contributed by atoms with van der Waals surface area (Å²) in [5, 5.41) is 14.3. The number of rotatable bonds is 12. The number of amides is 2. The summed E-state index contributed by atoms with van der Waals surface area (Å²) in [7, 11) is -2.72. The minimum atomic E-state index is -4.27. The van der Waals surface area contributed by atoms with Crippen molar-refractivity contribution < 1.29 is 27.7 Å². The maximum absolute atomic E-state index is 14.1. The smallest absolute Gasteiger partial charge is 0.269 e. The fourth-order valence-electron chi connectivity index (χ4n) is 5.07. The van der Waals surface area contributed by atoms with E-state index in [1.165, 1.54) is 41.3 Å². The van der Waals surface area contributed by atoms with Crippen molar-refractivity contribution in [3.05, 3.63) is 94.5 Å². The minimum absolute atomic E-state index is 0.0247. The van der Waals surface area contributed by atoms with Crippen LogP contribution >= 0.6 is 0 Å². The highest BCUT2D eigenvalue weighted by molar-refractivity contribution is 7.92. The van der Waals surface area contributed by atoms with Crippen molar-refractivity contribution in [1.82, 2.24) is 10.2 Å². The summed E-state index contributed by atoms with van der Waals surface area (Å²) < 4.78 is 33.8. The number of carbonyl (C=O) groups excluding carboxylic acids is 2. The van der Waals surface area contributed by atoms with Gasteiger partial charge in [0.15, 0.2) is 0 Å². The molecule has 0 saturated heterocycles. The lowest BCUT2D eigenvalue weighted by molar-refractivity contribution is -0.384. The molecule has 0 heterocycles. The number of hydrogen-bond donors (Lipinski definition) is 1. The van der Waals surface area contributed by atoms with E-state index >= 15 is 0 Å². The SMILES string of the molecule is COc1ccc(CN(C(=O)CN(c2ccc([N+](=O)[O-])cc2)S(=O)(=O)c2ccccc2)[C@@H](C)C(=O)NC2CCCCC2)cc1. The predicted octanol–water partition coefficient (Wildman–Crippen LogP) is 4.66. The van der Waals surface area contributed by atoms with Gasteiger partial charge in [0.1, 0.15) is 18.3 Å². The molecule has 1 aliphatic carbocycles. The van der Waals surface area contributed by atoms with Gasteiger partial charge in [-0.15, -0.1) is 0 Å². The van der Waals surface area contributed by atoms with E-state index in [-0.39, 0.29) is 34.8 Å². The Hall–Kier alpha value is -4.45. The number of anilines is 1. The molecule has 0 radical (unpaired) electrons.